The molecule has 1 amide bonds. The first kappa shape index (κ1) is 23.4. The molecule has 8 nitrogen and oxygen atoms in total. The maximum atomic E-state index is 12.8. The molecule has 2 N–H and O–H groups in total. The summed E-state index contributed by atoms with van der Waals surface area (Å²) in [5.74, 6) is 1.88. The van der Waals surface area contributed by atoms with Gasteiger partial charge in [-0.15, -0.1) is 11.3 Å². The highest BCUT2D eigenvalue weighted by atomic mass is 32.1. The molecule has 0 spiro atoms. The lowest BCUT2D eigenvalue weighted by Crippen LogP contribution is -2.24. The number of ether oxygens (including phenoxy) is 2. The van der Waals surface area contributed by atoms with Gasteiger partial charge in [-0.1, -0.05) is 30.3 Å². The molecular weight excluding hydrogens is 476 g/mol. The molecular formula is C27H24N4O4S. The molecule has 0 aliphatic carbocycles. The molecule has 5 rings (SSSR count). The average molecular weight is 501 g/mol. The van der Waals surface area contributed by atoms with Crippen molar-refractivity contribution < 1.29 is 19.4 Å². The van der Waals surface area contributed by atoms with Gasteiger partial charge in [0.15, 0.2) is 11.5 Å². The van der Waals surface area contributed by atoms with Gasteiger partial charge in [0.2, 0.25) is 0 Å². The summed E-state index contributed by atoms with van der Waals surface area (Å²) in [7, 11) is 3.19. The zero-order valence-electron chi connectivity index (χ0n) is 19.8. The van der Waals surface area contributed by atoms with E-state index in [4.69, 9.17) is 14.5 Å². The molecule has 0 radical (unpaired) electrons. The van der Waals surface area contributed by atoms with E-state index in [-0.39, 0.29) is 18.2 Å². The topological polar surface area (TPSA) is 98.0 Å². The van der Waals surface area contributed by atoms with E-state index >= 15 is 0 Å². The Kier molecular flexibility index (Phi) is 6.55. The number of nitrogens with one attached hydrogen (secondary N) is 1. The maximum absolute atomic E-state index is 12.8. The molecule has 0 atom stereocenters. The van der Waals surface area contributed by atoms with Crippen LogP contribution in [0.5, 0.6) is 17.2 Å². The number of hydrogen-bond acceptors (Lipinski definition) is 7. The van der Waals surface area contributed by atoms with Gasteiger partial charge in [-0.05, 0) is 42.0 Å². The number of nitrogens with zero attached hydrogens (tertiary/aromatic N) is 3. The number of carbonyl (C=O) groups excluding carboxylic acids is 1. The fraction of sp³-hybridized carbons (Fsp3) is 0.148. The predicted molar refractivity (Wildman–Crippen MR) is 141 cm³/mol. The SMILES string of the molecule is COc1ccc(Cc2nc3ccccc3n2CC(=O)N/N=C\c2sc3ccccc3c2O)cc1OC. The molecule has 0 bridgehead atoms. The van der Waals surface area contributed by atoms with Crippen LogP contribution in [0.2, 0.25) is 0 Å². The van der Waals surface area contributed by atoms with Crippen molar-refractivity contribution in [1.29, 1.82) is 0 Å². The summed E-state index contributed by atoms with van der Waals surface area (Å²) in [6.45, 7) is 0.0406. The van der Waals surface area contributed by atoms with Gasteiger partial charge in [-0.25, -0.2) is 10.4 Å². The van der Waals surface area contributed by atoms with E-state index in [0.29, 0.717) is 22.8 Å². The van der Waals surface area contributed by atoms with E-state index in [1.54, 1.807) is 14.2 Å². The lowest BCUT2D eigenvalue weighted by molar-refractivity contribution is -0.121. The number of hydrazone groups is 1. The smallest absolute Gasteiger partial charge is 0.260 e. The molecule has 0 aliphatic heterocycles. The quantitative estimate of drug-likeness (QED) is 0.237. The third-order valence-electron chi connectivity index (χ3n) is 5.81. The fourth-order valence-electron chi connectivity index (χ4n) is 4.09. The molecule has 5 aromatic rings. The Morgan fingerprint density at radius 2 is 1.86 bits per heavy atom. The first-order chi connectivity index (χ1) is 17.6. The van der Waals surface area contributed by atoms with Gasteiger partial charge >= 0.3 is 0 Å². The average Bonchev–Trinajstić information content (AvgIpc) is 3.40. The number of carbonyl (C=O) groups is 1. The summed E-state index contributed by atoms with van der Waals surface area (Å²) in [6, 6.07) is 21.0. The van der Waals surface area contributed by atoms with Crippen LogP contribution < -0.4 is 14.9 Å². The number of benzene rings is 3. The number of rotatable bonds is 8. The van der Waals surface area contributed by atoms with Gasteiger partial charge in [0.05, 0.1) is 36.3 Å². The molecule has 36 heavy (non-hydrogen) atoms. The van der Waals surface area contributed by atoms with Crippen LogP contribution in [0.4, 0.5) is 0 Å². The molecule has 182 valence electrons. The first-order valence-electron chi connectivity index (χ1n) is 11.2. The van der Waals surface area contributed by atoms with E-state index in [1.807, 2.05) is 71.3 Å². The summed E-state index contributed by atoms with van der Waals surface area (Å²) < 4.78 is 13.6. The normalized spacial score (nSPS) is 11.4. The molecule has 0 aliphatic rings. The van der Waals surface area contributed by atoms with Crippen molar-refractivity contribution in [2.24, 2.45) is 5.10 Å². The Hall–Kier alpha value is -4.37. The van der Waals surface area contributed by atoms with E-state index in [2.05, 4.69) is 10.5 Å². The van der Waals surface area contributed by atoms with Crippen molar-refractivity contribution in [2.45, 2.75) is 13.0 Å². The van der Waals surface area contributed by atoms with Crippen molar-refractivity contribution in [3.63, 3.8) is 0 Å². The Morgan fingerprint density at radius 1 is 1.08 bits per heavy atom. The predicted octanol–water partition coefficient (Wildman–Crippen LogP) is 4.71. The van der Waals surface area contributed by atoms with E-state index < -0.39 is 0 Å². The number of para-hydroxylation sites is 2. The van der Waals surface area contributed by atoms with Crippen LogP contribution in [0, 0.1) is 0 Å². The Bertz CT molecular complexity index is 1590. The molecule has 9 heteroatoms. The molecule has 3 aromatic carbocycles. The number of thiophene rings is 1. The van der Waals surface area contributed by atoms with E-state index in [1.165, 1.54) is 17.6 Å². The highest BCUT2D eigenvalue weighted by Gasteiger charge is 2.15. The van der Waals surface area contributed by atoms with Crippen molar-refractivity contribution in [1.82, 2.24) is 15.0 Å². The van der Waals surface area contributed by atoms with Crippen LogP contribution in [-0.4, -0.2) is 41.0 Å². The number of methoxy groups -OCH3 is 2. The van der Waals surface area contributed by atoms with Gasteiger partial charge in [-0.2, -0.15) is 5.10 Å². The molecule has 0 saturated heterocycles. The second-order valence-corrected chi connectivity index (χ2v) is 9.16. The molecule has 0 fully saturated rings. The van der Waals surface area contributed by atoms with E-state index in [0.717, 1.165) is 32.5 Å². The largest absolute Gasteiger partial charge is 0.506 e. The summed E-state index contributed by atoms with van der Waals surface area (Å²) in [4.78, 5) is 18.2. The first-order valence-corrected chi connectivity index (χ1v) is 12.1. The minimum Gasteiger partial charge on any atom is -0.506 e. The van der Waals surface area contributed by atoms with Crippen LogP contribution in [0.3, 0.4) is 0 Å². The summed E-state index contributed by atoms with van der Waals surface area (Å²) in [5, 5.41) is 15.2. The third-order valence-corrected chi connectivity index (χ3v) is 6.91. The molecule has 2 aromatic heterocycles. The lowest BCUT2D eigenvalue weighted by Gasteiger charge is -2.11. The third kappa shape index (κ3) is 4.60. The Morgan fingerprint density at radius 3 is 2.67 bits per heavy atom. The van der Waals surface area contributed by atoms with Gasteiger partial charge in [0, 0.05) is 16.5 Å². The summed E-state index contributed by atoms with van der Waals surface area (Å²) >= 11 is 1.41. The second-order valence-electron chi connectivity index (χ2n) is 8.07. The molecule has 2 heterocycles. The zero-order chi connectivity index (χ0) is 25.1. The van der Waals surface area contributed by atoms with Gasteiger partial charge in [0.1, 0.15) is 18.1 Å². The van der Waals surface area contributed by atoms with Crippen molar-refractivity contribution >= 4 is 44.6 Å². The van der Waals surface area contributed by atoms with Gasteiger partial charge in [-0.3, -0.25) is 4.79 Å². The van der Waals surface area contributed by atoms with Crippen LogP contribution in [0.1, 0.15) is 16.3 Å². The van der Waals surface area contributed by atoms with Crippen LogP contribution >= 0.6 is 11.3 Å². The summed E-state index contributed by atoms with van der Waals surface area (Å²) in [6.07, 6.45) is 1.97. The Labute approximate surface area is 211 Å². The number of aromatic hydroxyl groups is 1. The molecule has 0 saturated carbocycles. The van der Waals surface area contributed by atoms with Gasteiger partial charge < -0.3 is 19.1 Å². The number of aromatic nitrogens is 2. The highest BCUT2D eigenvalue weighted by molar-refractivity contribution is 7.21. The van der Waals surface area contributed by atoms with E-state index in [9.17, 15) is 9.90 Å². The number of hydrogen-bond donors (Lipinski definition) is 2. The highest BCUT2D eigenvalue weighted by Crippen LogP contribution is 2.35. The standard InChI is InChI=1S/C27H24N4O4S/c1-34-21-12-11-17(13-22(21)35-2)14-25-29-19-8-4-5-9-20(19)31(25)16-26(32)30-28-15-24-27(33)18-7-3-6-10-23(18)36-24/h3-13,15,33H,14,16H2,1-2H3,(H,30,32)/b28-15-. The van der Waals surface area contributed by atoms with Crippen molar-refractivity contribution in [3.8, 4) is 17.2 Å². The van der Waals surface area contributed by atoms with Crippen LogP contribution in [-0.2, 0) is 17.8 Å². The number of imidazole rings is 1. The van der Waals surface area contributed by atoms with Gasteiger partial charge in [0.25, 0.3) is 5.91 Å². The lowest BCUT2D eigenvalue weighted by atomic mass is 10.1. The van der Waals surface area contributed by atoms with Crippen LogP contribution in [0.25, 0.3) is 21.1 Å². The number of amides is 1. The van der Waals surface area contributed by atoms with Crippen molar-refractivity contribution in [3.05, 3.63) is 83.0 Å². The van der Waals surface area contributed by atoms with Crippen LogP contribution in [0.15, 0.2) is 71.8 Å². The number of fused-ring (bicyclic) bond motifs is 2. The van der Waals surface area contributed by atoms with Crippen molar-refractivity contribution in [2.75, 3.05) is 14.2 Å². The monoisotopic (exact) mass is 500 g/mol. The maximum Gasteiger partial charge on any atom is 0.260 e. The minimum absolute atomic E-state index is 0.0406. The zero-order valence-corrected chi connectivity index (χ0v) is 20.6. The fourth-order valence-corrected chi connectivity index (χ4v) is 5.06. The molecule has 0 unspecified atom stereocenters. The summed E-state index contributed by atoms with van der Waals surface area (Å²) in [5.41, 5.74) is 5.21. The second kappa shape index (κ2) is 10.1. The Balaban J connectivity index is 1.36. The minimum atomic E-state index is -0.302.